The highest BCUT2D eigenvalue weighted by atomic mass is 79.9. The van der Waals surface area contributed by atoms with Crippen LogP contribution in [0.2, 0.25) is 0 Å². The Hall–Kier alpha value is -0.950. The van der Waals surface area contributed by atoms with Crippen molar-refractivity contribution in [2.24, 2.45) is 5.92 Å². The number of non-ortho nitro benzene ring substituents is 1. The molecular weight excluding hydrogens is 380 g/mol. The van der Waals surface area contributed by atoms with Gasteiger partial charge in [0.2, 0.25) is 5.91 Å². The Balaban J connectivity index is 2.41. The van der Waals surface area contributed by atoms with E-state index in [4.69, 9.17) is 0 Å². The topological polar surface area (TPSA) is 63.5 Å². The largest absolute Gasteiger partial charge is 0.311 e. The van der Waals surface area contributed by atoms with Gasteiger partial charge in [-0.05, 0) is 34.3 Å². The summed E-state index contributed by atoms with van der Waals surface area (Å²) in [6.07, 6.45) is 0.508. The molecule has 1 aromatic carbocycles. The van der Waals surface area contributed by atoms with Gasteiger partial charge in [0.05, 0.1) is 10.6 Å². The molecule has 1 atom stereocenters. The van der Waals surface area contributed by atoms with E-state index in [0.29, 0.717) is 17.4 Å². The van der Waals surface area contributed by atoms with Gasteiger partial charge in [-0.15, -0.1) is 0 Å². The molecule has 0 radical (unpaired) electrons. The summed E-state index contributed by atoms with van der Waals surface area (Å²) < 4.78 is 0.586. The molecule has 0 aromatic heterocycles. The maximum Gasteiger partial charge on any atom is 0.270 e. The number of anilines is 1. The van der Waals surface area contributed by atoms with Gasteiger partial charge in [-0.1, -0.05) is 15.9 Å². The molecule has 0 spiro atoms. The molecule has 102 valence electrons. The minimum Gasteiger partial charge on any atom is -0.311 e. The summed E-state index contributed by atoms with van der Waals surface area (Å²) in [5.41, 5.74) is 1.49. The van der Waals surface area contributed by atoms with Crippen LogP contribution in [0, 0.1) is 23.0 Å². The van der Waals surface area contributed by atoms with E-state index in [1.54, 1.807) is 11.8 Å². The zero-order valence-electron chi connectivity index (χ0n) is 10.2. The van der Waals surface area contributed by atoms with E-state index >= 15 is 0 Å². The van der Waals surface area contributed by atoms with E-state index in [1.807, 2.05) is 0 Å². The van der Waals surface area contributed by atoms with Crippen molar-refractivity contribution in [1.29, 1.82) is 0 Å². The molecule has 1 aliphatic heterocycles. The van der Waals surface area contributed by atoms with Gasteiger partial charge in [-0.3, -0.25) is 14.9 Å². The molecule has 1 fully saturated rings. The van der Waals surface area contributed by atoms with Gasteiger partial charge in [-0.25, -0.2) is 0 Å². The van der Waals surface area contributed by atoms with E-state index in [2.05, 4.69) is 31.9 Å². The average Bonchev–Trinajstić information content (AvgIpc) is 2.70. The third kappa shape index (κ3) is 2.81. The second-order valence-corrected chi connectivity index (χ2v) is 6.08. The van der Waals surface area contributed by atoms with Crippen molar-refractivity contribution in [2.75, 3.05) is 16.8 Å². The fraction of sp³-hybridized carbons (Fsp3) is 0.417. The zero-order chi connectivity index (χ0) is 14.2. The summed E-state index contributed by atoms with van der Waals surface area (Å²) in [7, 11) is 0. The van der Waals surface area contributed by atoms with Crippen LogP contribution in [0.1, 0.15) is 12.0 Å². The van der Waals surface area contributed by atoms with Crippen LogP contribution in [0.15, 0.2) is 16.6 Å². The fourth-order valence-electron chi connectivity index (χ4n) is 2.27. The third-order valence-electron chi connectivity index (χ3n) is 3.14. The molecule has 1 unspecified atom stereocenters. The van der Waals surface area contributed by atoms with Gasteiger partial charge in [0.25, 0.3) is 5.69 Å². The van der Waals surface area contributed by atoms with Gasteiger partial charge < -0.3 is 4.90 Å². The lowest BCUT2D eigenvalue weighted by molar-refractivity contribution is -0.385. The minimum absolute atomic E-state index is 0.0248. The number of benzene rings is 1. The quantitative estimate of drug-likeness (QED) is 0.450. The molecule has 7 heteroatoms. The van der Waals surface area contributed by atoms with Crippen molar-refractivity contribution < 1.29 is 9.72 Å². The number of hydrogen-bond donors (Lipinski definition) is 0. The Morgan fingerprint density at radius 3 is 2.68 bits per heavy atom. The lowest BCUT2D eigenvalue weighted by atomic mass is 10.1. The van der Waals surface area contributed by atoms with Crippen LogP contribution in [0.4, 0.5) is 11.4 Å². The SMILES string of the molecule is Cc1cc([N+](=O)[O-])cc(Br)c1N1CC(CBr)CC1=O. The highest BCUT2D eigenvalue weighted by Gasteiger charge is 2.32. The first-order valence-electron chi connectivity index (χ1n) is 5.75. The molecule has 1 aliphatic rings. The highest BCUT2D eigenvalue weighted by Crippen LogP contribution is 2.37. The standard InChI is InChI=1S/C12H12Br2N2O3/c1-7-2-9(16(18)19)4-10(14)12(7)15-6-8(5-13)3-11(15)17/h2,4,8H,3,5-6H2,1H3. The molecule has 0 aliphatic carbocycles. The number of amides is 1. The van der Waals surface area contributed by atoms with Crippen LogP contribution in [-0.4, -0.2) is 22.7 Å². The number of carbonyl (C=O) groups is 1. The van der Waals surface area contributed by atoms with Crippen molar-refractivity contribution in [3.05, 3.63) is 32.3 Å². The van der Waals surface area contributed by atoms with Crippen molar-refractivity contribution in [3.8, 4) is 0 Å². The van der Waals surface area contributed by atoms with Crippen LogP contribution in [-0.2, 0) is 4.79 Å². The van der Waals surface area contributed by atoms with Gasteiger partial charge in [0, 0.05) is 34.9 Å². The predicted molar refractivity (Wildman–Crippen MR) is 79.8 cm³/mol. The number of alkyl halides is 1. The number of nitrogens with zero attached hydrogens (tertiary/aromatic N) is 2. The first-order chi connectivity index (χ1) is 8.93. The van der Waals surface area contributed by atoms with Crippen LogP contribution >= 0.6 is 31.9 Å². The maximum atomic E-state index is 12.0. The number of nitro groups is 1. The predicted octanol–water partition coefficient (Wildman–Crippen LogP) is 3.41. The van der Waals surface area contributed by atoms with Gasteiger partial charge in [-0.2, -0.15) is 0 Å². The van der Waals surface area contributed by atoms with E-state index in [-0.39, 0.29) is 17.5 Å². The Bertz CT molecular complexity index is 525. The van der Waals surface area contributed by atoms with Crippen molar-refractivity contribution >= 4 is 49.1 Å². The van der Waals surface area contributed by atoms with Crippen molar-refractivity contribution in [1.82, 2.24) is 0 Å². The van der Waals surface area contributed by atoms with Gasteiger partial charge in [0.1, 0.15) is 0 Å². The van der Waals surface area contributed by atoms with Crippen LogP contribution in [0.3, 0.4) is 0 Å². The van der Waals surface area contributed by atoms with Crippen LogP contribution in [0.25, 0.3) is 0 Å². The first kappa shape index (κ1) is 14.5. The normalized spacial score (nSPS) is 19.0. The fourth-order valence-corrected chi connectivity index (χ4v) is 3.46. The van der Waals surface area contributed by atoms with Crippen molar-refractivity contribution in [2.45, 2.75) is 13.3 Å². The number of carbonyl (C=O) groups excluding carboxylic acids is 1. The van der Waals surface area contributed by atoms with Gasteiger partial charge in [0.15, 0.2) is 0 Å². The summed E-state index contributed by atoms with van der Waals surface area (Å²) in [6.45, 7) is 2.42. The monoisotopic (exact) mass is 390 g/mol. The molecule has 0 saturated carbocycles. The number of aryl methyl sites for hydroxylation is 1. The molecule has 1 saturated heterocycles. The summed E-state index contributed by atoms with van der Waals surface area (Å²) >= 11 is 6.73. The van der Waals surface area contributed by atoms with Crippen LogP contribution < -0.4 is 4.90 Å². The average molecular weight is 392 g/mol. The highest BCUT2D eigenvalue weighted by molar-refractivity contribution is 9.10. The second kappa shape index (κ2) is 5.58. The van der Waals surface area contributed by atoms with E-state index < -0.39 is 4.92 Å². The number of rotatable bonds is 3. The van der Waals surface area contributed by atoms with E-state index in [1.165, 1.54) is 12.1 Å². The zero-order valence-corrected chi connectivity index (χ0v) is 13.4. The summed E-state index contributed by atoms with van der Waals surface area (Å²) in [6, 6.07) is 2.94. The molecule has 1 aromatic rings. The minimum atomic E-state index is -0.436. The first-order valence-corrected chi connectivity index (χ1v) is 7.66. The van der Waals surface area contributed by atoms with Crippen LogP contribution in [0.5, 0.6) is 0 Å². The lowest BCUT2D eigenvalue weighted by Crippen LogP contribution is -2.26. The molecule has 1 heterocycles. The summed E-state index contributed by atoms with van der Waals surface area (Å²) in [5, 5.41) is 11.6. The number of halogens is 2. The number of hydrogen-bond acceptors (Lipinski definition) is 3. The molecule has 1 amide bonds. The Labute approximate surface area is 127 Å². The molecule has 0 bridgehead atoms. The molecule has 5 nitrogen and oxygen atoms in total. The molecular formula is C12H12Br2N2O3. The maximum absolute atomic E-state index is 12.0. The molecule has 19 heavy (non-hydrogen) atoms. The van der Waals surface area contributed by atoms with E-state index in [9.17, 15) is 14.9 Å². The molecule has 2 rings (SSSR count). The van der Waals surface area contributed by atoms with Gasteiger partial charge >= 0.3 is 0 Å². The lowest BCUT2D eigenvalue weighted by Gasteiger charge is -2.20. The third-order valence-corrected chi connectivity index (χ3v) is 4.66. The number of nitro benzene ring substituents is 1. The molecule has 0 N–H and O–H groups in total. The summed E-state index contributed by atoms with van der Waals surface area (Å²) in [5.74, 6) is 0.344. The van der Waals surface area contributed by atoms with E-state index in [0.717, 1.165) is 16.6 Å². The smallest absolute Gasteiger partial charge is 0.270 e. The Morgan fingerprint density at radius 2 is 2.21 bits per heavy atom. The Morgan fingerprint density at radius 1 is 1.53 bits per heavy atom. The summed E-state index contributed by atoms with van der Waals surface area (Å²) in [4.78, 5) is 24.1. The Kier molecular flexibility index (Phi) is 4.25. The second-order valence-electron chi connectivity index (χ2n) is 4.58. The van der Waals surface area contributed by atoms with Crippen molar-refractivity contribution in [3.63, 3.8) is 0 Å².